The van der Waals surface area contributed by atoms with Crippen LogP contribution in [0.4, 0.5) is 9.39 Å². The number of carboxylic acids is 1. The number of anilines is 1. The van der Waals surface area contributed by atoms with E-state index < -0.39 is 17.7 Å². The zero-order valence-corrected chi connectivity index (χ0v) is 12.7. The first-order valence-electron chi connectivity index (χ1n) is 5.91. The number of thiophene rings is 1. The van der Waals surface area contributed by atoms with Crippen LogP contribution in [0.25, 0.3) is 0 Å². The van der Waals surface area contributed by atoms with Gasteiger partial charge in [0, 0.05) is 10.4 Å². The van der Waals surface area contributed by atoms with Crippen molar-refractivity contribution in [3.05, 3.63) is 50.6 Å². The molecule has 0 unspecified atom stereocenters. The van der Waals surface area contributed by atoms with Gasteiger partial charge in [-0.25, -0.2) is 9.18 Å². The highest BCUT2D eigenvalue weighted by Crippen LogP contribution is 2.32. The molecule has 110 valence electrons. The summed E-state index contributed by atoms with van der Waals surface area (Å²) in [6, 6.07) is 3.56. The molecule has 1 heterocycles. The average molecular weight is 328 g/mol. The highest BCUT2D eigenvalue weighted by molar-refractivity contribution is 7.16. The second kappa shape index (κ2) is 5.83. The number of halogens is 2. The van der Waals surface area contributed by atoms with Crippen molar-refractivity contribution >= 4 is 39.8 Å². The van der Waals surface area contributed by atoms with Crippen molar-refractivity contribution in [3.63, 3.8) is 0 Å². The third-order valence-electron chi connectivity index (χ3n) is 3.01. The fraction of sp³-hybridized carbons (Fsp3) is 0.143. The van der Waals surface area contributed by atoms with Gasteiger partial charge in [0.25, 0.3) is 5.91 Å². The number of rotatable bonds is 3. The lowest BCUT2D eigenvalue weighted by molar-refractivity contribution is 0.0697. The van der Waals surface area contributed by atoms with E-state index in [-0.39, 0.29) is 21.2 Å². The standard InChI is InChI=1S/C14H11ClFNO3S/c1-6-7(2)21-13(11(6)14(19)20)17-12(18)8-3-4-10(16)9(15)5-8/h3-5H,1-2H3,(H,17,18)(H,19,20). The lowest BCUT2D eigenvalue weighted by atomic mass is 10.1. The molecule has 1 aromatic heterocycles. The summed E-state index contributed by atoms with van der Waals surface area (Å²) >= 11 is 6.81. The van der Waals surface area contributed by atoms with E-state index in [1.165, 1.54) is 23.5 Å². The molecule has 0 atom stereocenters. The number of benzene rings is 1. The molecule has 0 fully saturated rings. The molecule has 0 saturated heterocycles. The van der Waals surface area contributed by atoms with Gasteiger partial charge < -0.3 is 10.4 Å². The third kappa shape index (κ3) is 3.06. The summed E-state index contributed by atoms with van der Waals surface area (Å²) < 4.78 is 13.1. The van der Waals surface area contributed by atoms with Crippen molar-refractivity contribution < 1.29 is 19.1 Å². The number of carbonyl (C=O) groups is 2. The van der Waals surface area contributed by atoms with Gasteiger partial charge in [0.2, 0.25) is 0 Å². The van der Waals surface area contributed by atoms with E-state index in [1.807, 2.05) is 0 Å². The quantitative estimate of drug-likeness (QED) is 0.891. The number of aryl methyl sites for hydroxylation is 1. The van der Waals surface area contributed by atoms with Crippen LogP contribution in [0.1, 0.15) is 31.2 Å². The highest BCUT2D eigenvalue weighted by Gasteiger charge is 2.21. The van der Waals surface area contributed by atoms with Crippen LogP contribution < -0.4 is 5.32 Å². The molecule has 1 aromatic carbocycles. The Morgan fingerprint density at radius 2 is 2.00 bits per heavy atom. The fourth-order valence-corrected chi connectivity index (χ4v) is 3.01. The number of amides is 1. The van der Waals surface area contributed by atoms with Crippen molar-refractivity contribution in [2.75, 3.05) is 5.32 Å². The molecule has 0 bridgehead atoms. The van der Waals surface area contributed by atoms with Crippen LogP contribution in [-0.2, 0) is 0 Å². The van der Waals surface area contributed by atoms with E-state index in [2.05, 4.69) is 5.32 Å². The lowest BCUT2D eigenvalue weighted by Gasteiger charge is -2.05. The van der Waals surface area contributed by atoms with Crippen LogP contribution in [0.15, 0.2) is 18.2 Å². The SMILES string of the molecule is Cc1sc(NC(=O)c2ccc(F)c(Cl)c2)c(C(=O)O)c1C. The minimum atomic E-state index is -1.11. The molecular formula is C14H11ClFNO3S. The molecule has 21 heavy (non-hydrogen) atoms. The van der Waals surface area contributed by atoms with E-state index in [4.69, 9.17) is 11.6 Å². The molecule has 0 aliphatic heterocycles. The summed E-state index contributed by atoms with van der Waals surface area (Å²) in [5.74, 6) is -2.27. The Morgan fingerprint density at radius 3 is 2.57 bits per heavy atom. The Balaban J connectivity index is 2.33. The third-order valence-corrected chi connectivity index (χ3v) is 4.42. The van der Waals surface area contributed by atoms with Gasteiger partial charge in [0.1, 0.15) is 10.8 Å². The van der Waals surface area contributed by atoms with Gasteiger partial charge in [0.15, 0.2) is 0 Å². The van der Waals surface area contributed by atoms with E-state index in [9.17, 15) is 19.1 Å². The van der Waals surface area contributed by atoms with Crippen LogP contribution in [0.2, 0.25) is 5.02 Å². The summed E-state index contributed by atoms with van der Waals surface area (Å²) in [6.07, 6.45) is 0. The molecule has 2 N–H and O–H groups in total. The van der Waals surface area contributed by atoms with Gasteiger partial charge in [0.05, 0.1) is 10.6 Å². The number of nitrogens with one attached hydrogen (secondary N) is 1. The lowest BCUT2D eigenvalue weighted by Crippen LogP contribution is -2.13. The number of hydrogen-bond acceptors (Lipinski definition) is 3. The highest BCUT2D eigenvalue weighted by atomic mass is 35.5. The van der Waals surface area contributed by atoms with Crippen LogP contribution in [0, 0.1) is 19.7 Å². The van der Waals surface area contributed by atoms with Crippen molar-refractivity contribution in [2.24, 2.45) is 0 Å². The van der Waals surface area contributed by atoms with E-state index >= 15 is 0 Å². The largest absolute Gasteiger partial charge is 0.478 e. The molecule has 2 aromatic rings. The molecule has 0 radical (unpaired) electrons. The van der Waals surface area contributed by atoms with Gasteiger partial charge >= 0.3 is 5.97 Å². The Hall–Kier alpha value is -1.92. The predicted octanol–water partition coefficient (Wildman–Crippen LogP) is 4.11. The van der Waals surface area contributed by atoms with Gasteiger partial charge in [-0.2, -0.15) is 0 Å². The smallest absolute Gasteiger partial charge is 0.338 e. The maximum atomic E-state index is 13.1. The first-order valence-corrected chi connectivity index (χ1v) is 7.10. The van der Waals surface area contributed by atoms with Gasteiger partial charge in [-0.3, -0.25) is 4.79 Å². The van der Waals surface area contributed by atoms with E-state index in [1.54, 1.807) is 13.8 Å². The Kier molecular flexibility index (Phi) is 4.29. The summed E-state index contributed by atoms with van der Waals surface area (Å²) in [7, 11) is 0. The first-order chi connectivity index (χ1) is 9.81. The second-order valence-electron chi connectivity index (χ2n) is 4.38. The topological polar surface area (TPSA) is 66.4 Å². The number of carbonyl (C=O) groups excluding carboxylic acids is 1. The fourth-order valence-electron chi connectivity index (χ4n) is 1.79. The van der Waals surface area contributed by atoms with Gasteiger partial charge in [-0.05, 0) is 37.6 Å². The van der Waals surface area contributed by atoms with Crippen LogP contribution >= 0.6 is 22.9 Å². The molecule has 1 amide bonds. The molecule has 2 rings (SSSR count). The molecule has 0 saturated carbocycles. The van der Waals surface area contributed by atoms with Crippen molar-refractivity contribution in [3.8, 4) is 0 Å². The van der Waals surface area contributed by atoms with Gasteiger partial charge in [-0.15, -0.1) is 11.3 Å². The zero-order valence-electron chi connectivity index (χ0n) is 11.2. The number of hydrogen-bond donors (Lipinski definition) is 2. The maximum absolute atomic E-state index is 13.1. The summed E-state index contributed by atoms with van der Waals surface area (Å²) in [5.41, 5.74) is 0.834. The normalized spacial score (nSPS) is 10.5. The number of aromatic carboxylic acids is 1. The molecule has 0 aliphatic rings. The van der Waals surface area contributed by atoms with Crippen molar-refractivity contribution in [2.45, 2.75) is 13.8 Å². The summed E-state index contributed by atoms with van der Waals surface area (Å²) in [6.45, 7) is 3.45. The van der Waals surface area contributed by atoms with Crippen LogP contribution in [-0.4, -0.2) is 17.0 Å². The summed E-state index contributed by atoms with van der Waals surface area (Å²) in [5, 5.41) is 11.8. The van der Waals surface area contributed by atoms with Crippen LogP contribution in [0.5, 0.6) is 0 Å². The average Bonchev–Trinajstić information content (AvgIpc) is 2.68. The summed E-state index contributed by atoms with van der Waals surface area (Å²) in [4.78, 5) is 24.2. The van der Waals surface area contributed by atoms with Gasteiger partial charge in [-0.1, -0.05) is 11.6 Å². The second-order valence-corrected chi connectivity index (χ2v) is 6.01. The molecule has 7 heteroatoms. The predicted molar refractivity (Wildman–Crippen MR) is 80.1 cm³/mol. The zero-order chi connectivity index (χ0) is 15.7. The number of carboxylic acid groups (broad SMARTS) is 1. The van der Waals surface area contributed by atoms with E-state index in [0.717, 1.165) is 10.9 Å². The van der Waals surface area contributed by atoms with Crippen molar-refractivity contribution in [1.29, 1.82) is 0 Å². The Labute approximate surface area is 129 Å². The van der Waals surface area contributed by atoms with Crippen LogP contribution in [0.3, 0.4) is 0 Å². The van der Waals surface area contributed by atoms with Crippen molar-refractivity contribution in [1.82, 2.24) is 0 Å². The molecule has 0 spiro atoms. The molecule has 0 aliphatic carbocycles. The monoisotopic (exact) mass is 327 g/mol. The Morgan fingerprint density at radius 1 is 1.33 bits per heavy atom. The minimum absolute atomic E-state index is 0.0686. The Bertz CT molecular complexity index is 742. The minimum Gasteiger partial charge on any atom is -0.478 e. The molecule has 4 nitrogen and oxygen atoms in total. The maximum Gasteiger partial charge on any atom is 0.338 e. The van der Waals surface area contributed by atoms with E-state index in [0.29, 0.717) is 5.56 Å². The molecular weight excluding hydrogens is 317 g/mol. The first kappa shape index (κ1) is 15.5.